The summed E-state index contributed by atoms with van der Waals surface area (Å²) in [5.41, 5.74) is 1.14. The topological polar surface area (TPSA) is 29.1 Å². The first-order valence-corrected chi connectivity index (χ1v) is 8.74. The van der Waals surface area contributed by atoms with Crippen LogP contribution in [0.3, 0.4) is 0 Å². The van der Waals surface area contributed by atoms with E-state index in [4.69, 9.17) is 0 Å². The Labute approximate surface area is 166 Å². The van der Waals surface area contributed by atoms with Crippen molar-refractivity contribution in [1.29, 1.82) is 0 Å². The van der Waals surface area contributed by atoms with E-state index in [-0.39, 0.29) is 5.56 Å². The van der Waals surface area contributed by atoms with E-state index in [1.54, 1.807) is 36.4 Å². The Hall–Kier alpha value is -3.78. The van der Waals surface area contributed by atoms with Gasteiger partial charge in [-0.3, -0.25) is 4.79 Å². The van der Waals surface area contributed by atoms with Gasteiger partial charge in [0.1, 0.15) is 0 Å². The molecule has 3 aromatic rings. The van der Waals surface area contributed by atoms with Crippen LogP contribution in [0.4, 0.5) is 18.9 Å². The molecular formula is C24H16F3NO. The van der Waals surface area contributed by atoms with Crippen LogP contribution < -0.4 is 5.32 Å². The molecule has 0 aromatic heterocycles. The fraction of sp³-hybridized carbons (Fsp3) is 0.0417. The average Bonchev–Trinajstić information content (AvgIpc) is 2.72. The number of amides is 1. The number of hydrogen-bond donors (Lipinski definition) is 1. The summed E-state index contributed by atoms with van der Waals surface area (Å²) in [5.74, 6) is 5.35. The van der Waals surface area contributed by atoms with Gasteiger partial charge in [0.2, 0.25) is 5.91 Å². The Morgan fingerprint density at radius 2 is 1.52 bits per heavy atom. The lowest BCUT2D eigenvalue weighted by atomic mass is 10.0. The minimum Gasteiger partial charge on any atom is -0.323 e. The highest BCUT2D eigenvalue weighted by atomic mass is 19.4. The molecule has 2 nitrogen and oxygen atoms in total. The first-order chi connectivity index (χ1) is 13.9. The van der Waals surface area contributed by atoms with Crippen LogP contribution in [0.2, 0.25) is 0 Å². The normalized spacial score (nSPS) is 11.0. The highest BCUT2D eigenvalue weighted by molar-refractivity contribution is 6.02. The maximum atomic E-state index is 13.1. The molecule has 0 heterocycles. The van der Waals surface area contributed by atoms with E-state index in [9.17, 15) is 18.0 Å². The highest BCUT2D eigenvalue weighted by Gasteiger charge is 2.30. The van der Waals surface area contributed by atoms with E-state index >= 15 is 0 Å². The maximum Gasteiger partial charge on any atom is 0.416 e. The molecule has 0 aliphatic carbocycles. The highest BCUT2D eigenvalue weighted by Crippen LogP contribution is 2.31. The molecule has 1 N–H and O–H groups in total. The second kappa shape index (κ2) is 8.94. The van der Waals surface area contributed by atoms with Gasteiger partial charge in [-0.2, -0.15) is 13.2 Å². The minimum atomic E-state index is -4.49. The van der Waals surface area contributed by atoms with Gasteiger partial charge in [0.15, 0.2) is 0 Å². The fourth-order valence-electron chi connectivity index (χ4n) is 2.52. The number of benzene rings is 3. The molecule has 0 fully saturated rings. The standard InChI is InChI=1S/C24H16F3NO/c25-24(26,27)21-15-13-19(12-11-18-7-3-1-4-8-18)20(17-21)14-16-23(29)28-22-9-5-2-6-10-22/h1-10,13-17H,(H,28,29)/b16-14+. The molecule has 0 bridgehead atoms. The monoisotopic (exact) mass is 391 g/mol. The number of alkyl halides is 3. The van der Waals surface area contributed by atoms with Crippen LogP contribution in [-0.4, -0.2) is 5.91 Å². The van der Waals surface area contributed by atoms with Crippen LogP contribution in [-0.2, 0) is 11.0 Å². The molecule has 3 rings (SSSR count). The summed E-state index contributed by atoms with van der Waals surface area (Å²) >= 11 is 0. The molecule has 5 heteroatoms. The Bertz CT molecular complexity index is 1080. The zero-order chi connectivity index (χ0) is 20.7. The van der Waals surface area contributed by atoms with Crippen molar-refractivity contribution in [2.45, 2.75) is 6.18 Å². The third-order valence-corrected chi connectivity index (χ3v) is 3.95. The van der Waals surface area contributed by atoms with Crippen molar-refractivity contribution in [2.75, 3.05) is 5.32 Å². The number of halogens is 3. The SMILES string of the molecule is O=C(/C=C/c1cc(C(F)(F)F)ccc1C#Cc1ccccc1)Nc1ccccc1. The Balaban J connectivity index is 1.89. The van der Waals surface area contributed by atoms with Crippen LogP contribution >= 0.6 is 0 Å². The molecule has 0 aliphatic heterocycles. The van der Waals surface area contributed by atoms with E-state index in [0.29, 0.717) is 11.3 Å². The predicted molar refractivity (Wildman–Crippen MR) is 108 cm³/mol. The van der Waals surface area contributed by atoms with Gasteiger partial charge in [0.05, 0.1) is 5.56 Å². The molecule has 29 heavy (non-hydrogen) atoms. The molecule has 0 aliphatic rings. The van der Waals surface area contributed by atoms with Crippen molar-refractivity contribution in [3.63, 3.8) is 0 Å². The molecule has 1 amide bonds. The van der Waals surface area contributed by atoms with Gasteiger partial charge in [-0.15, -0.1) is 0 Å². The zero-order valence-electron chi connectivity index (χ0n) is 15.2. The second-order valence-corrected chi connectivity index (χ2v) is 6.10. The van der Waals surface area contributed by atoms with Crippen molar-refractivity contribution in [1.82, 2.24) is 0 Å². The van der Waals surface area contributed by atoms with Gasteiger partial charge in [-0.05, 0) is 54.1 Å². The van der Waals surface area contributed by atoms with Crippen LogP contribution in [0.25, 0.3) is 6.08 Å². The quantitative estimate of drug-likeness (QED) is 0.447. The van der Waals surface area contributed by atoms with Crippen LogP contribution in [0.15, 0.2) is 84.9 Å². The summed E-state index contributed by atoms with van der Waals surface area (Å²) in [6, 6.07) is 21.2. The van der Waals surface area contributed by atoms with Gasteiger partial charge in [0, 0.05) is 22.9 Å². The lowest BCUT2D eigenvalue weighted by Crippen LogP contribution is -2.08. The third-order valence-electron chi connectivity index (χ3n) is 3.95. The van der Waals surface area contributed by atoms with E-state index in [0.717, 1.165) is 17.7 Å². The van der Waals surface area contributed by atoms with Crippen LogP contribution in [0.1, 0.15) is 22.3 Å². The number of anilines is 1. The molecule has 0 spiro atoms. The predicted octanol–water partition coefficient (Wildman–Crippen LogP) is 5.76. The van der Waals surface area contributed by atoms with Crippen molar-refractivity contribution < 1.29 is 18.0 Å². The molecule has 0 saturated carbocycles. The third kappa shape index (κ3) is 5.85. The number of carbonyl (C=O) groups excluding carboxylic acids is 1. The molecule has 144 valence electrons. The van der Waals surface area contributed by atoms with E-state index in [1.165, 1.54) is 18.2 Å². The van der Waals surface area contributed by atoms with Crippen LogP contribution in [0.5, 0.6) is 0 Å². The first kappa shape index (κ1) is 20.0. The largest absolute Gasteiger partial charge is 0.416 e. The molecule has 0 unspecified atom stereocenters. The van der Waals surface area contributed by atoms with E-state index in [2.05, 4.69) is 17.2 Å². The van der Waals surface area contributed by atoms with Crippen molar-refractivity contribution in [3.05, 3.63) is 107 Å². The van der Waals surface area contributed by atoms with Crippen LogP contribution in [0, 0.1) is 11.8 Å². The minimum absolute atomic E-state index is 0.214. The van der Waals surface area contributed by atoms with E-state index < -0.39 is 17.6 Å². The number of rotatable bonds is 3. The fourth-order valence-corrected chi connectivity index (χ4v) is 2.52. The Kier molecular flexibility index (Phi) is 6.16. The average molecular weight is 391 g/mol. The lowest BCUT2D eigenvalue weighted by Gasteiger charge is -2.09. The number of para-hydroxylation sites is 1. The molecule has 0 saturated heterocycles. The Morgan fingerprint density at radius 1 is 0.862 bits per heavy atom. The van der Waals surface area contributed by atoms with Crippen molar-refractivity contribution in [2.24, 2.45) is 0 Å². The molecule has 0 atom stereocenters. The number of nitrogens with one attached hydrogen (secondary N) is 1. The Morgan fingerprint density at radius 3 is 2.17 bits per heavy atom. The summed E-state index contributed by atoms with van der Waals surface area (Å²) < 4.78 is 39.3. The molecule has 0 radical (unpaired) electrons. The van der Waals surface area contributed by atoms with Gasteiger partial charge in [0.25, 0.3) is 0 Å². The summed E-state index contributed by atoms with van der Waals surface area (Å²) in [6.07, 6.45) is -1.96. The first-order valence-electron chi connectivity index (χ1n) is 8.74. The van der Waals surface area contributed by atoms with Gasteiger partial charge in [-0.1, -0.05) is 48.2 Å². The summed E-state index contributed by atoms with van der Waals surface area (Å²) in [4.78, 5) is 12.1. The summed E-state index contributed by atoms with van der Waals surface area (Å²) in [7, 11) is 0. The molecular weight excluding hydrogens is 375 g/mol. The molecule has 3 aromatic carbocycles. The van der Waals surface area contributed by atoms with Crippen molar-refractivity contribution in [3.8, 4) is 11.8 Å². The van der Waals surface area contributed by atoms with E-state index in [1.807, 2.05) is 24.3 Å². The van der Waals surface area contributed by atoms with Gasteiger partial charge in [-0.25, -0.2) is 0 Å². The smallest absolute Gasteiger partial charge is 0.323 e. The lowest BCUT2D eigenvalue weighted by molar-refractivity contribution is -0.137. The zero-order valence-corrected chi connectivity index (χ0v) is 15.2. The number of hydrogen-bond acceptors (Lipinski definition) is 1. The second-order valence-electron chi connectivity index (χ2n) is 6.10. The maximum absolute atomic E-state index is 13.1. The van der Waals surface area contributed by atoms with Gasteiger partial charge >= 0.3 is 6.18 Å². The number of carbonyl (C=O) groups is 1. The summed E-state index contributed by atoms with van der Waals surface area (Å²) in [6.45, 7) is 0. The van der Waals surface area contributed by atoms with Gasteiger partial charge < -0.3 is 5.32 Å². The van der Waals surface area contributed by atoms with Crippen molar-refractivity contribution >= 4 is 17.7 Å². The summed E-state index contributed by atoms with van der Waals surface area (Å²) in [5, 5.41) is 2.65.